The molecule has 0 aliphatic rings. The quantitative estimate of drug-likeness (QED) is 0.291. The van der Waals surface area contributed by atoms with Crippen LogP contribution in [0.5, 0.6) is 0 Å². The average Bonchev–Trinajstić information content (AvgIpc) is 2.55. The molecule has 0 saturated carbocycles. The maximum atomic E-state index is 12.0. The molecule has 0 fully saturated rings. The van der Waals surface area contributed by atoms with E-state index in [9.17, 15) is 13.2 Å². The Labute approximate surface area is 146 Å². The van der Waals surface area contributed by atoms with Gasteiger partial charge < -0.3 is 0 Å². The first-order valence-corrected chi connectivity index (χ1v) is 10.5. The van der Waals surface area contributed by atoms with Crippen molar-refractivity contribution in [3.8, 4) is 0 Å². The molecular weight excluding hydrogens is 324 g/mol. The first-order valence-electron chi connectivity index (χ1n) is 9.06. The van der Waals surface area contributed by atoms with E-state index >= 15 is 0 Å². The molecule has 5 heteroatoms. The van der Waals surface area contributed by atoms with E-state index in [1.807, 2.05) is 0 Å². The molecule has 1 rings (SSSR count). The van der Waals surface area contributed by atoms with Crippen LogP contribution < -0.4 is 0 Å². The van der Waals surface area contributed by atoms with Gasteiger partial charge in [0.1, 0.15) is 0 Å². The summed E-state index contributed by atoms with van der Waals surface area (Å²) in [6.07, 6.45) is 12.7. The minimum Gasteiger partial charge on any atom is -0.294 e. The Bertz CT molecular complexity index is 576. The van der Waals surface area contributed by atoms with Crippen LogP contribution in [0.15, 0.2) is 29.2 Å². The van der Waals surface area contributed by atoms with Crippen LogP contribution in [-0.2, 0) is 10.1 Å². The lowest BCUT2D eigenvalue weighted by Gasteiger charge is -2.03. The van der Waals surface area contributed by atoms with Gasteiger partial charge in [0.2, 0.25) is 0 Å². The number of unbranched alkanes of at least 4 members (excludes halogenated alkanes) is 9. The van der Waals surface area contributed by atoms with Gasteiger partial charge in [0, 0.05) is 12.0 Å². The summed E-state index contributed by atoms with van der Waals surface area (Å²) >= 11 is 0. The van der Waals surface area contributed by atoms with Crippen molar-refractivity contribution in [3.63, 3.8) is 0 Å². The summed E-state index contributed by atoms with van der Waals surface area (Å²) in [6.45, 7) is 2.23. The summed E-state index contributed by atoms with van der Waals surface area (Å²) in [5.74, 6) is 0.0245. The third kappa shape index (κ3) is 8.60. The molecule has 0 spiro atoms. The van der Waals surface area contributed by atoms with Crippen LogP contribution in [0.3, 0.4) is 0 Å². The first-order chi connectivity index (χ1) is 11.4. The lowest BCUT2D eigenvalue weighted by molar-refractivity contribution is 0.0979. The minimum absolute atomic E-state index is 0.0245. The zero-order valence-corrected chi connectivity index (χ0v) is 15.5. The maximum absolute atomic E-state index is 12.0. The maximum Gasteiger partial charge on any atom is 0.294 e. The van der Waals surface area contributed by atoms with Crippen LogP contribution in [0.1, 0.15) is 87.9 Å². The van der Waals surface area contributed by atoms with Gasteiger partial charge >= 0.3 is 0 Å². The predicted octanol–water partition coefficient (Wildman–Crippen LogP) is 5.43. The van der Waals surface area contributed by atoms with Gasteiger partial charge in [-0.15, -0.1) is 0 Å². The highest BCUT2D eigenvalue weighted by atomic mass is 32.2. The van der Waals surface area contributed by atoms with Crippen LogP contribution in [-0.4, -0.2) is 18.8 Å². The SMILES string of the molecule is CCCCCCCCCCCCC(=O)c1ccc(S(=O)(=O)O)cc1. The number of ketones is 1. The van der Waals surface area contributed by atoms with Gasteiger partial charge in [0.25, 0.3) is 10.1 Å². The van der Waals surface area contributed by atoms with Crippen molar-refractivity contribution in [2.75, 3.05) is 0 Å². The second-order valence-corrected chi connectivity index (χ2v) is 7.78. The molecule has 0 heterocycles. The summed E-state index contributed by atoms with van der Waals surface area (Å²) in [4.78, 5) is 11.8. The van der Waals surface area contributed by atoms with Crippen LogP contribution >= 0.6 is 0 Å². The van der Waals surface area contributed by atoms with Crippen molar-refractivity contribution in [1.82, 2.24) is 0 Å². The molecule has 1 N–H and O–H groups in total. The standard InChI is InChI=1S/C19H30O4S/c1-2-3-4-5-6-7-8-9-10-11-12-19(20)17-13-15-18(16-14-17)24(21,22)23/h13-16H,2-12H2,1H3,(H,21,22,23). The molecule has 0 aliphatic heterocycles. The molecule has 0 saturated heterocycles. The Morgan fingerprint density at radius 2 is 1.29 bits per heavy atom. The highest BCUT2D eigenvalue weighted by Crippen LogP contribution is 2.15. The molecule has 1 aromatic carbocycles. The summed E-state index contributed by atoms with van der Waals surface area (Å²) in [7, 11) is -4.19. The normalized spacial score (nSPS) is 11.6. The Hall–Kier alpha value is -1.20. The zero-order chi connectivity index (χ0) is 17.8. The molecule has 0 aliphatic carbocycles. The second-order valence-electron chi connectivity index (χ2n) is 6.35. The average molecular weight is 355 g/mol. The molecule has 0 unspecified atom stereocenters. The summed E-state index contributed by atoms with van der Waals surface area (Å²) in [5, 5.41) is 0. The second kappa shape index (κ2) is 11.4. The van der Waals surface area contributed by atoms with Crippen molar-refractivity contribution in [3.05, 3.63) is 29.8 Å². The van der Waals surface area contributed by atoms with Gasteiger partial charge in [-0.3, -0.25) is 9.35 Å². The van der Waals surface area contributed by atoms with Crippen molar-refractivity contribution in [2.45, 2.75) is 82.4 Å². The molecular formula is C19H30O4S. The van der Waals surface area contributed by atoms with E-state index in [2.05, 4.69) is 6.92 Å². The van der Waals surface area contributed by atoms with Crippen LogP contribution in [0.4, 0.5) is 0 Å². The van der Waals surface area contributed by atoms with Crippen molar-refractivity contribution < 1.29 is 17.8 Å². The highest BCUT2D eigenvalue weighted by molar-refractivity contribution is 7.85. The summed E-state index contributed by atoms with van der Waals surface area (Å²) < 4.78 is 30.8. The largest absolute Gasteiger partial charge is 0.294 e. The highest BCUT2D eigenvalue weighted by Gasteiger charge is 2.11. The molecule has 0 aromatic heterocycles. The number of hydrogen-bond donors (Lipinski definition) is 1. The molecule has 4 nitrogen and oxygen atoms in total. The number of hydrogen-bond acceptors (Lipinski definition) is 3. The topological polar surface area (TPSA) is 71.4 Å². The number of rotatable bonds is 13. The molecule has 0 bridgehead atoms. The molecule has 136 valence electrons. The fourth-order valence-corrected chi connectivity index (χ4v) is 3.21. The minimum atomic E-state index is -4.19. The van der Waals surface area contributed by atoms with Gasteiger partial charge in [0.15, 0.2) is 5.78 Å². The molecule has 0 atom stereocenters. The third-order valence-corrected chi connectivity index (χ3v) is 5.10. The van der Waals surface area contributed by atoms with Crippen molar-refractivity contribution in [1.29, 1.82) is 0 Å². The van der Waals surface area contributed by atoms with Gasteiger partial charge in [-0.2, -0.15) is 8.42 Å². The lowest BCUT2D eigenvalue weighted by atomic mass is 10.0. The van der Waals surface area contributed by atoms with Gasteiger partial charge in [-0.1, -0.05) is 76.8 Å². The van der Waals surface area contributed by atoms with Gasteiger partial charge in [-0.25, -0.2) is 0 Å². The third-order valence-electron chi connectivity index (χ3n) is 4.23. The van der Waals surface area contributed by atoms with Gasteiger partial charge in [0.05, 0.1) is 4.90 Å². The van der Waals surface area contributed by atoms with E-state index in [1.165, 1.54) is 75.6 Å². The number of benzene rings is 1. The first kappa shape index (κ1) is 20.8. The number of carbonyl (C=O) groups excluding carboxylic acids is 1. The molecule has 1 aromatic rings. The van der Waals surface area contributed by atoms with E-state index < -0.39 is 10.1 Å². The summed E-state index contributed by atoms with van der Waals surface area (Å²) in [6, 6.07) is 5.45. The molecule has 24 heavy (non-hydrogen) atoms. The van der Waals surface area contributed by atoms with Crippen LogP contribution in [0.2, 0.25) is 0 Å². The monoisotopic (exact) mass is 354 g/mol. The Balaban J connectivity index is 2.14. The smallest absolute Gasteiger partial charge is 0.294 e. The van der Waals surface area contributed by atoms with E-state index in [4.69, 9.17) is 4.55 Å². The van der Waals surface area contributed by atoms with Crippen LogP contribution in [0.25, 0.3) is 0 Å². The molecule has 0 amide bonds. The Morgan fingerprint density at radius 1 is 0.833 bits per heavy atom. The Kier molecular flexibility index (Phi) is 9.88. The zero-order valence-electron chi connectivity index (χ0n) is 14.7. The van der Waals surface area contributed by atoms with Crippen molar-refractivity contribution >= 4 is 15.9 Å². The van der Waals surface area contributed by atoms with E-state index in [-0.39, 0.29) is 10.7 Å². The number of Topliss-reactive ketones (excluding diaryl/α,β-unsaturated/α-hetero) is 1. The van der Waals surface area contributed by atoms with Gasteiger partial charge in [-0.05, 0) is 18.6 Å². The van der Waals surface area contributed by atoms with Crippen LogP contribution in [0, 0.1) is 0 Å². The summed E-state index contributed by atoms with van der Waals surface area (Å²) in [5.41, 5.74) is 0.498. The fourth-order valence-electron chi connectivity index (χ4n) is 2.73. The predicted molar refractivity (Wildman–Crippen MR) is 97.0 cm³/mol. The Morgan fingerprint density at radius 3 is 1.75 bits per heavy atom. The van der Waals surface area contributed by atoms with E-state index in [1.54, 1.807) is 0 Å². The molecule has 0 radical (unpaired) electrons. The van der Waals surface area contributed by atoms with Crippen molar-refractivity contribution in [2.24, 2.45) is 0 Å². The number of carbonyl (C=O) groups is 1. The fraction of sp³-hybridized carbons (Fsp3) is 0.632. The lowest BCUT2D eigenvalue weighted by Crippen LogP contribution is -2.02. The van der Waals surface area contributed by atoms with E-state index in [0.717, 1.165) is 12.8 Å². The van der Waals surface area contributed by atoms with E-state index in [0.29, 0.717) is 12.0 Å².